The van der Waals surface area contributed by atoms with Gasteiger partial charge in [-0.25, -0.2) is 4.79 Å². The zero-order valence-electron chi connectivity index (χ0n) is 10.8. The highest BCUT2D eigenvalue weighted by molar-refractivity contribution is 5.87. The van der Waals surface area contributed by atoms with Gasteiger partial charge in [0, 0.05) is 11.8 Å². The number of nitrogens with zero attached hydrogens (tertiary/aromatic N) is 2. The monoisotopic (exact) mass is 285 g/mol. The van der Waals surface area contributed by atoms with E-state index in [2.05, 4.69) is 15.3 Å². The lowest BCUT2D eigenvalue weighted by molar-refractivity contribution is -0.385. The third-order valence-electron chi connectivity index (χ3n) is 2.48. The van der Waals surface area contributed by atoms with Gasteiger partial charge in [-0.3, -0.25) is 20.3 Å². The number of rotatable bonds is 4. The molecule has 2 aromatic carbocycles. The first-order chi connectivity index (χ1) is 10.2. The van der Waals surface area contributed by atoms with Gasteiger partial charge in [0.2, 0.25) is 0 Å². The van der Waals surface area contributed by atoms with Gasteiger partial charge in [-0.1, -0.05) is 35.5 Å². The maximum Gasteiger partial charge on any atom is 0.437 e. The summed E-state index contributed by atoms with van der Waals surface area (Å²) in [5.41, 5.74) is 0.687. The van der Waals surface area contributed by atoms with Gasteiger partial charge in [0.15, 0.2) is 0 Å². The van der Waals surface area contributed by atoms with Crippen LogP contribution < -0.4 is 5.32 Å². The first-order valence-corrected chi connectivity index (χ1v) is 5.96. The average Bonchev–Trinajstić information content (AvgIpc) is 2.48. The van der Waals surface area contributed by atoms with Crippen LogP contribution in [0.25, 0.3) is 0 Å². The van der Waals surface area contributed by atoms with E-state index in [1.165, 1.54) is 12.1 Å². The first kappa shape index (κ1) is 14.2. The minimum Gasteiger partial charge on any atom is -0.298 e. The summed E-state index contributed by atoms with van der Waals surface area (Å²) >= 11 is 0. The van der Waals surface area contributed by atoms with Crippen molar-refractivity contribution in [3.63, 3.8) is 0 Å². The summed E-state index contributed by atoms with van der Waals surface area (Å²) in [5, 5.41) is 16.7. The molecule has 7 heteroatoms. The number of carbonyl (C=O) groups is 1. The fraction of sp³-hybridized carbons (Fsp3) is 0. The molecule has 0 atom stereocenters. The largest absolute Gasteiger partial charge is 0.437 e. The minimum atomic E-state index is -0.781. The SMILES string of the molecule is O=C(Nc1ccccc1)O/N=C/c1ccccc1[N+](=O)[O-]. The Kier molecular flexibility index (Phi) is 4.60. The molecule has 106 valence electrons. The molecule has 21 heavy (non-hydrogen) atoms. The van der Waals surface area contributed by atoms with Crippen molar-refractivity contribution in [1.29, 1.82) is 0 Å². The number of amides is 1. The van der Waals surface area contributed by atoms with E-state index in [9.17, 15) is 14.9 Å². The lowest BCUT2D eigenvalue weighted by atomic mass is 10.2. The van der Waals surface area contributed by atoms with Crippen LogP contribution in [0.15, 0.2) is 59.8 Å². The smallest absolute Gasteiger partial charge is 0.298 e. The Hall–Kier alpha value is -3.22. The number of hydrogen-bond acceptors (Lipinski definition) is 5. The summed E-state index contributed by atoms with van der Waals surface area (Å²) < 4.78 is 0. The van der Waals surface area contributed by atoms with Crippen molar-refractivity contribution in [2.45, 2.75) is 0 Å². The first-order valence-electron chi connectivity index (χ1n) is 5.96. The molecular formula is C14H11N3O4. The van der Waals surface area contributed by atoms with Gasteiger partial charge in [-0.2, -0.15) is 0 Å². The average molecular weight is 285 g/mol. The van der Waals surface area contributed by atoms with E-state index in [0.717, 1.165) is 6.21 Å². The standard InChI is InChI=1S/C14H11N3O4/c18-14(16-12-7-2-1-3-8-12)21-15-10-11-6-4-5-9-13(11)17(19)20/h1-10H,(H,16,18)/b15-10+. The van der Waals surface area contributed by atoms with Crippen LogP contribution in [0.1, 0.15) is 5.56 Å². The van der Waals surface area contributed by atoms with Crippen molar-refractivity contribution < 1.29 is 14.6 Å². The Balaban J connectivity index is 1.97. The highest BCUT2D eigenvalue weighted by Gasteiger charge is 2.10. The molecule has 7 nitrogen and oxygen atoms in total. The number of nitrogens with one attached hydrogen (secondary N) is 1. The molecule has 1 N–H and O–H groups in total. The van der Waals surface area contributed by atoms with E-state index in [-0.39, 0.29) is 11.3 Å². The van der Waals surface area contributed by atoms with Gasteiger partial charge in [-0.05, 0) is 18.2 Å². The highest BCUT2D eigenvalue weighted by atomic mass is 16.7. The second-order valence-electron chi connectivity index (χ2n) is 3.92. The van der Waals surface area contributed by atoms with E-state index >= 15 is 0 Å². The molecule has 0 aromatic heterocycles. The fourth-order valence-corrected chi connectivity index (χ4v) is 1.56. The Morgan fingerprint density at radius 1 is 1.14 bits per heavy atom. The zero-order chi connectivity index (χ0) is 15.1. The number of benzene rings is 2. The van der Waals surface area contributed by atoms with Crippen molar-refractivity contribution in [3.05, 3.63) is 70.3 Å². The second-order valence-corrected chi connectivity index (χ2v) is 3.92. The van der Waals surface area contributed by atoms with E-state index in [4.69, 9.17) is 0 Å². The van der Waals surface area contributed by atoms with E-state index in [1.54, 1.807) is 36.4 Å². The molecular weight excluding hydrogens is 274 g/mol. The van der Waals surface area contributed by atoms with Crippen LogP contribution in [-0.2, 0) is 4.84 Å². The number of oxime groups is 1. The van der Waals surface area contributed by atoms with E-state index in [1.807, 2.05) is 6.07 Å². The van der Waals surface area contributed by atoms with Gasteiger partial charge in [0.25, 0.3) is 5.69 Å². The van der Waals surface area contributed by atoms with Crippen LogP contribution in [0, 0.1) is 10.1 Å². The quantitative estimate of drug-likeness (QED) is 0.404. The molecule has 0 radical (unpaired) electrons. The van der Waals surface area contributed by atoms with Crippen molar-refractivity contribution in [1.82, 2.24) is 0 Å². The minimum absolute atomic E-state index is 0.117. The Labute approximate surface area is 120 Å². The molecule has 0 unspecified atom stereocenters. The summed E-state index contributed by atoms with van der Waals surface area (Å²) in [4.78, 5) is 26.3. The maximum absolute atomic E-state index is 11.4. The van der Waals surface area contributed by atoms with Gasteiger partial charge in [-0.15, -0.1) is 0 Å². The van der Waals surface area contributed by atoms with Crippen LogP contribution >= 0.6 is 0 Å². The van der Waals surface area contributed by atoms with Crippen molar-refractivity contribution >= 4 is 23.7 Å². The fourth-order valence-electron chi connectivity index (χ4n) is 1.56. The number of carbonyl (C=O) groups excluding carboxylic acids is 1. The van der Waals surface area contributed by atoms with Gasteiger partial charge >= 0.3 is 6.09 Å². The Morgan fingerprint density at radius 2 is 1.81 bits per heavy atom. The summed E-state index contributed by atoms with van der Waals surface area (Å²) in [5.74, 6) is 0. The topological polar surface area (TPSA) is 93.8 Å². The number of hydrogen-bond donors (Lipinski definition) is 1. The van der Waals surface area contributed by atoms with Gasteiger partial charge in [0.1, 0.15) is 0 Å². The molecule has 0 bridgehead atoms. The molecule has 0 aliphatic heterocycles. The molecule has 1 amide bonds. The molecule has 0 heterocycles. The molecule has 0 saturated carbocycles. The third kappa shape index (κ3) is 4.13. The Morgan fingerprint density at radius 3 is 2.52 bits per heavy atom. The van der Waals surface area contributed by atoms with Crippen LogP contribution in [-0.4, -0.2) is 17.2 Å². The number of anilines is 1. The van der Waals surface area contributed by atoms with Crippen molar-refractivity contribution in [2.75, 3.05) is 5.32 Å². The van der Waals surface area contributed by atoms with E-state index in [0.29, 0.717) is 5.69 Å². The molecule has 0 fully saturated rings. The Bertz CT molecular complexity index is 671. The predicted molar refractivity (Wildman–Crippen MR) is 77.2 cm³/mol. The summed E-state index contributed by atoms with van der Waals surface area (Å²) in [6, 6.07) is 14.7. The lowest BCUT2D eigenvalue weighted by Gasteiger charge is -2.01. The van der Waals surface area contributed by atoms with Crippen LogP contribution in [0.5, 0.6) is 0 Å². The number of para-hydroxylation sites is 2. The van der Waals surface area contributed by atoms with E-state index < -0.39 is 11.0 Å². The summed E-state index contributed by atoms with van der Waals surface area (Å²) in [6.45, 7) is 0. The second kappa shape index (κ2) is 6.80. The number of nitro groups is 1. The molecule has 2 rings (SSSR count). The molecule has 2 aromatic rings. The van der Waals surface area contributed by atoms with Gasteiger partial charge < -0.3 is 0 Å². The lowest BCUT2D eigenvalue weighted by Crippen LogP contribution is -2.10. The highest BCUT2D eigenvalue weighted by Crippen LogP contribution is 2.15. The normalized spacial score (nSPS) is 10.3. The molecule has 0 aliphatic carbocycles. The molecule has 0 saturated heterocycles. The maximum atomic E-state index is 11.4. The zero-order valence-corrected chi connectivity index (χ0v) is 10.8. The summed E-state index contributed by atoms with van der Waals surface area (Å²) in [7, 11) is 0. The molecule has 0 spiro atoms. The van der Waals surface area contributed by atoms with Crippen molar-refractivity contribution in [3.8, 4) is 0 Å². The number of nitro benzene ring substituents is 1. The van der Waals surface area contributed by atoms with Gasteiger partial charge in [0.05, 0.1) is 16.7 Å². The van der Waals surface area contributed by atoms with Crippen molar-refractivity contribution in [2.24, 2.45) is 5.16 Å². The third-order valence-corrected chi connectivity index (χ3v) is 2.48. The van der Waals surface area contributed by atoms with Crippen LogP contribution in [0.3, 0.4) is 0 Å². The van der Waals surface area contributed by atoms with Crippen LogP contribution in [0.2, 0.25) is 0 Å². The molecule has 0 aliphatic rings. The summed E-state index contributed by atoms with van der Waals surface area (Å²) in [6.07, 6.45) is 0.332. The van der Waals surface area contributed by atoms with Crippen LogP contribution in [0.4, 0.5) is 16.2 Å². The predicted octanol–water partition coefficient (Wildman–Crippen LogP) is 3.18.